The first kappa shape index (κ1) is 18.3. The first-order valence-electron chi connectivity index (χ1n) is 8.87. The number of imidazole rings is 1. The maximum absolute atomic E-state index is 11.7. The fraction of sp³-hybridized carbons (Fsp3) is 0.350. The molecule has 0 spiro atoms. The Kier molecular flexibility index (Phi) is 5.83. The summed E-state index contributed by atoms with van der Waals surface area (Å²) in [5.74, 6) is -0.271. The van der Waals surface area contributed by atoms with Crippen LogP contribution in [0.4, 0.5) is 0 Å². The van der Waals surface area contributed by atoms with Crippen molar-refractivity contribution in [1.82, 2.24) is 9.38 Å². The molecule has 0 aliphatic heterocycles. The molecule has 0 atom stereocenters. The summed E-state index contributed by atoms with van der Waals surface area (Å²) in [4.78, 5) is 29.5. The van der Waals surface area contributed by atoms with Crippen LogP contribution >= 0.6 is 11.3 Å². The number of carbonyl (C=O) groups excluding carboxylic acids is 2. The van der Waals surface area contributed by atoms with Gasteiger partial charge >= 0.3 is 5.97 Å². The number of thiazole rings is 1. The van der Waals surface area contributed by atoms with Crippen molar-refractivity contribution < 1.29 is 14.3 Å². The highest BCUT2D eigenvalue weighted by Crippen LogP contribution is 2.28. The molecule has 2 aromatic heterocycles. The zero-order valence-electron chi connectivity index (χ0n) is 15.0. The minimum absolute atomic E-state index is 0.196. The van der Waals surface area contributed by atoms with Crippen LogP contribution in [0.5, 0.6) is 0 Å². The van der Waals surface area contributed by atoms with E-state index < -0.39 is 0 Å². The van der Waals surface area contributed by atoms with Crippen LogP contribution in [0.2, 0.25) is 0 Å². The Morgan fingerprint density at radius 1 is 1.27 bits per heavy atom. The van der Waals surface area contributed by atoms with Gasteiger partial charge in [0.25, 0.3) is 0 Å². The average Bonchev–Trinajstić information content (AvgIpc) is 3.17. The number of hydrogen-bond acceptors (Lipinski definition) is 5. The minimum atomic E-state index is -0.271. The molecule has 0 saturated heterocycles. The SMILES string of the molecule is CCCCc1ccc(-c2nc3sc(CC(=O)OCC)cn3c2C=O)cc1. The van der Waals surface area contributed by atoms with Gasteiger partial charge in [-0.25, -0.2) is 4.98 Å². The third-order valence-electron chi connectivity index (χ3n) is 4.19. The molecule has 0 aliphatic rings. The molecule has 0 saturated carbocycles. The fourth-order valence-electron chi connectivity index (χ4n) is 2.88. The summed E-state index contributed by atoms with van der Waals surface area (Å²) < 4.78 is 6.73. The Morgan fingerprint density at radius 2 is 2.04 bits per heavy atom. The van der Waals surface area contributed by atoms with Crippen molar-refractivity contribution in [3.63, 3.8) is 0 Å². The Hall–Kier alpha value is -2.47. The predicted octanol–water partition coefficient (Wildman–Crippen LogP) is 4.32. The third kappa shape index (κ3) is 3.85. The predicted molar refractivity (Wildman–Crippen MR) is 103 cm³/mol. The van der Waals surface area contributed by atoms with Crippen LogP contribution in [0.15, 0.2) is 30.5 Å². The van der Waals surface area contributed by atoms with Gasteiger partial charge in [0.15, 0.2) is 11.2 Å². The molecule has 3 aromatic rings. The van der Waals surface area contributed by atoms with E-state index in [1.807, 2.05) is 12.1 Å². The van der Waals surface area contributed by atoms with E-state index in [9.17, 15) is 9.59 Å². The van der Waals surface area contributed by atoms with E-state index in [1.54, 1.807) is 17.5 Å². The maximum atomic E-state index is 11.7. The number of nitrogens with zero attached hydrogens (tertiary/aromatic N) is 2. The normalized spacial score (nSPS) is 11.0. The van der Waals surface area contributed by atoms with Gasteiger partial charge in [-0.2, -0.15) is 0 Å². The van der Waals surface area contributed by atoms with Crippen LogP contribution in [0.25, 0.3) is 16.2 Å². The summed E-state index contributed by atoms with van der Waals surface area (Å²) >= 11 is 1.40. The Bertz CT molecular complexity index is 909. The molecule has 136 valence electrons. The standard InChI is InChI=1S/C20H22N2O3S/c1-3-5-6-14-7-9-15(10-8-14)19-17(13-23)22-12-16(26-20(22)21-19)11-18(24)25-4-2/h7-10,12-13H,3-6,11H2,1-2H3. The largest absolute Gasteiger partial charge is 0.466 e. The van der Waals surface area contributed by atoms with Crippen LogP contribution in [0.1, 0.15) is 47.6 Å². The molecular weight excluding hydrogens is 348 g/mol. The van der Waals surface area contributed by atoms with Crippen molar-refractivity contribution >= 4 is 28.6 Å². The first-order chi connectivity index (χ1) is 12.7. The molecule has 5 nitrogen and oxygen atoms in total. The Balaban J connectivity index is 1.88. The first-order valence-corrected chi connectivity index (χ1v) is 9.68. The summed E-state index contributed by atoms with van der Waals surface area (Å²) in [6.45, 7) is 4.32. The molecule has 1 aromatic carbocycles. The van der Waals surface area contributed by atoms with Crippen molar-refractivity contribution in [3.8, 4) is 11.3 Å². The summed E-state index contributed by atoms with van der Waals surface area (Å²) in [7, 11) is 0. The van der Waals surface area contributed by atoms with Gasteiger partial charge in [0.05, 0.1) is 13.0 Å². The zero-order chi connectivity index (χ0) is 18.5. The van der Waals surface area contributed by atoms with Crippen molar-refractivity contribution in [3.05, 3.63) is 46.6 Å². The van der Waals surface area contributed by atoms with Crippen molar-refractivity contribution in [2.75, 3.05) is 6.61 Å². The number of aromatic nitrogens is 2. The number of ether oxygens (including phenoxy) is 1. The van der Waals surface area contributed by atoms with Crippen LogP contribution in [-0.2, 0) is 22.4 Å². The number of benzene rings is 1. The van der Waals surface area contributed by atoms with E-state index in [0.717, 1.165) is 23.1 Å². The average molecular weight is 370 g/mol. The molecule has 0 bridgehead atoms. The van der Waals surface area contributed by atoms with E-state index in [-0.39, 0.29) is 12.4 Å². The highest BCUT2D eigenvalue weighted by Gasteiger charge is 2.17. The third-order valence-corrected chi connectivity index (χ3v) is 5.18. The molecule has 0 radical (unpaired) electrons. The zero-order valence-corrected chi connectivity index (χ0v) is 15.8. The van der Waals surface area contributed by atoms with Crippen LogP contribution in [-0.4, -0.2) is 28.2 Å². The molecule has 6 heteroatoms. The summed E-state index contributed by atoms with van der Waals surface area (Å²) in [6.07, 6.45) is 6.22. The fourth-order valence-corrected chi connectivity index (χ4v) is 3.85. The number of hydrogen-bond donors (Lipinski definition) is 0. The second-order valence-corrected chi connectivity index (χ2v) is 7.19. The topological polar surface area (TPSA) is 60.7 Å². The number of fused-ring (bicyclic) bond motifs is 1. The monoisotopic (exact) mass is 370 g/mol. The number of aryl methyl sites for hydroxylation is 1. The summed E-state index contributed by atoms with van der Waals surface area (Å²) in [5, 5.41) is 0. The van der Waals surface area contributed by atoms with Crippen molar-refractivity contribution in [1.29, 1.82) is 0 Å². The lowest BCUT2D eigenvalue weighted by Gasteiger charge is -2.03. The van der Waals surface area contributed by atoms with E-state index in [0.29, 0.717) is 23.0 Å². The van der Waals surface area contributed by atoms with E-state index in [1.165, 1.54) is 29.7 Å². The molecular formula is C20H22N2O3S. The van der Waals surface area contributed by atoms with Gasteiger partial charge in [-0.1, -0.05) is 37.6 Å². The minimum Gasteiger partial charge on any atom is -0.466 e. The summed E-state index contributed by atoms with van der Waals surface area (Å²) in [5.41, 5.74) is 3.40. The molecule has 0 amide bonds. The smallest absolute Gasteiger partial charge is 0.311 e. The quantitative estimate of drug-likeness (QED) is 0.437. The van der Waals surface area contributed by atoms with Gasteiger partial charge in [0.1, 0.15) is 11.4 Å². The highest BCUT2D eigenvalue weighted by atomic mass is 32.1. The van der Waals surface area contributed by atoms with Gasteiger partial charge in [0.2, 0.25) is 0 Å². The van der Waals surface area contributed by atoms with Gasteiger partial charge in [-0.15, -0.1) is 11.3 Å². The Morgan fingerprint density at radius 3 is 2.69 bits per heavy atom. The second-order valence-electron chi connectivity index (χ2n) is 6.10. The molecule has 2 heterocycles. The lowest BCUT2D eigenvalue weighted by atomic mass is 10.0. The number of unbranched alkanes of at least 4 members (excludes halogenated alkanes) is 1. The van der Waals surface area contributed by atoms with Gasteiger partial charge < -0.3 is 4.74 Å². The molecule has 3 rings (SSSR count). The van der Waals surface area contributed by atoms with E-state index >= 15 is 0 Å². The Labute approximate surface area is 156 Å². The van der Waals surface area contributed by atoms with Crippen LogP contribution in [0, 0.1) is 0 Å². The summed E-state index contributed by atoms with van der Waals surface area (Å²) in [6, 6.07) is 8.23. The van der Waals surface area contributed by atoms with Gasteiger partial charge in [-0.3, -0.25) is 14.0 Å². The number of rotatable bonds is 8. The second kappa shape index (κ2) is 8.27. The lowest BCUT2D eigenvalue weighted by molar-refractivity contribution is -0.142. The van der Waals surface area contributed by atoms with Crippen LogP contribution in [0.3, 0.4) is 0 Å². The van der Waals surface area contributed by atoms with Crippen molar-refractivity contribution in [2.24, 2.45) is 0 Å². The van der Waals surface area contributed by atoms with E-state index in [2.05, 4.69) is 24.0 Å². The number of esters is 1. The molecule has 0 fully saturated rings. The van der Waals surface area contributed by atoms with E-state index in [4.69, 9.17) is 4.74 Å². The van der Waals surface area contributed by atoms with Gasteiger partial charge in [0, 0.05) is 16.6 Å². The van der Waals surface area contributed by atoms with Crippen molar-refractivity contribution in [2.45, 2.75) is 39.5 Å². The lowest BCUT2D eigenvalue weighted by Crippen LogP contribution is -2.06. The molecule has 0 N–H and O–H groups in total. The van der Waals surface area contributed by atoms with Crippen LogP contribution < -0.4 is 0 Å². The molecule has 0 unspecified atom stereocenters. The molecule has 26 heavy (non-hydrogen) atoms. The van der Waals surface area contributed by atoms with Gasteiger partial charge in [-0.05, 0) is 25.3 Å². The molecule has 0 aliphatic carbocycles. The highest BCUT2D eigenvalue weighted by molar-refractivity contribution is 7.17. The number of carbonyl (C=O) groups is 2. The maximum Gasteiger partial charge on any atom is 0.311 e. The number of aldehydes is 1.